The molecule has 0 aromatic rings. The fourth-order valence-corrected chi connectivity index (χ4v) is 27.7. The quantitative estimate of drug-likeness (QED) is 0.539. The average Bonchev–Trinajstić information content (AvgIpc) is 2.04. The van der Waals surface area contributed by atoms with Gasteiger partial charge in [-0.1, -0.05) is 0 Å². The average molecular weight is 530 g/mol. The van der Waals surface area contributed by atoms with E-state index in [-0.39, 0.29) is 22.2 Å². The maximum atomic E-state index is 4.03. The molecule has 0 aromatic carbocycles. The first-order valence-electron chi connectivity index (χ1n) is 8.19. The zero-order valence-corrected chi connectivity index (χ0v) is 21.9. The molecule has 6 heteroatoms. The van der Waals surface area contributed by atoms with E-state index in [9.17, 15) is 0 Å². The predicted molar refractivity (Wildman–Crippen MR) is 100 cm³/mol. The van der Waals surface area contributed by atoms with E-state index in [1.807, 2.05) is 0 Å². The van der Waals surface area contributed by atoms with Gasteiger partial charge in [-0.25, -0.2) is 0 Å². The van der Waals surface area contributed by atoms with E-state index in [1.54, 1.807) is 0 Å². The summed E-state index contributed by atoms with van der Waals surface area (Å²) in [6.07, 6.45) is 0. The van der Waals surface area contributed by atoms with Gasteiger partial charge in [0.1, 0.15) is 0 Å². The van der Waals surface area contributed by atoms with Crippen LogP contribution in [0.2, 0.25) is 0 Å². The van der Waals surface area contributed by atoms with Crippen molar-refractivity contribution >= 4 is 42.1 Å². The standard InChI is InChI=1S/2C4H10N.2C4H9N.2Sb/c4*1-4(2,3)5;;/h2*5H,1-3H3;2*1-3H3;;/q2*-1;;;2*+1. The van der Waals surface area contributed by atoms with Crippen molar-refractivity contribution in [3.63, 3.8) is 0 Å². The molecule has 0 saturated carbocycles. The summed E-state index contributed by atoms with van der Waals surface area (Å²) in [7, 11) is 0. The fraction of sp³-hybridized carbons (Fsp3) is 1.00. The van der Waals surface area contributed by atoms with Gasteiger partial charge in [0.25, 0.3) is 0 Å². The van der Waals surface area contributed by atoms with Gasteiger partial charge in [-0.05, 0) is 0 Å². The molecule has 0 amide bonds. The molecule has 0 atom stereocenters. The summed E-state index contributed by atoms with van der Waals surface area (Å²) < 4.78 is 13.9. The summed E-state index contributed by atoms with van der Waals surface area (Å²) in [6.45, 7) is 28.1. The van der Waals surface area contributed by atoms with Crippen LogP contribution in [0.3, 0.4) is 0 Å². The first-order chi connectivity index (χ1) is 9.43. The summed E-state index contributed by atoms with van der Waals surface area (Å²) in [5.74, 6) is 0. The first kappa shape index (κ1) is 21.5. The van der Waals surface area contributed by atoms with Crippen LogP contribution < -0.4 is 6.95 Å². The van der Waals surface area contributed by atoms with Gasteiger partial charge in [0.15, 0.2) is 0 Å². The molecule has 1 rings (SSSR count). The van der Waals surface area contributed by atoms with Crippen LogP contribution in [0.1, 0.15) is 83.1 Å². The molecule has 0 aliphatic carbocycles. The Morgan fingerprint density at radius 3 is 0.864 bits per heavy atom. The van der Waals surface area contributed by atoms with E-state index >= 15 is 0 Å². The molecule has 1 aliphatic rings. The fourth-order valence-electron chi connectivity index (χ4n) is 2.22. The normalized spacial score (nSPS) is 21.3. The Hall–Kier alpha value is 1.48. The van der Waals surface area contributed by atoms with Crippen molar-refractivity contribution in [1.29, 1.82) is 0 Å². The van der Waals surface area contributed by atoms with Gasteiger partial charge in [0, 0.05) is 0 Å². The van der Waals surface area contributed by atoms with Crippen LogP contribution in [-0.2, 0) is 0 Å². The Balaban J connectivity index is 3.16. The van der Waals surface area contributed by atoms with Gasteiger partial charge in [-0.3, -0.25) is 0 Å². The molecule has 0 aromatic heterocycles. The molecular formula is C16H38N4Sb2. The first-order valence-corrected chi connectivity index (χ1v) is 15.3. The monoisotopic (exact) mass is 528 g/mol. The Bertz CT molecular complexity index is 339. The molecule has 22 heavy (non-hydrogen) atoms. The molecule has 1 heterocycles. The zero-order valence-electron chi connectivity index (χ0n) is 16.8. The van der Waals surface area contributed by atoms with Crippen molar-refractivity contribution in [2.24, 2.45) is 0 Å². The molecular weight excluding hydrogens is 492 g/mol. The molecule has 0 spiro atoms. The predicted octanol–water partition coefficient (Wildman–Crippen LogP) is 2.95. The molecule has 4 nitrogen and oxygen atoms in total. The molecule has 1 fully saturated rings. The second kappa shape index (κ2) is 6.65. The maximum absolute atomic E-state index is 4.03. The molecule has 0 unspecified atom stereocenters. The van der Waals surface area contributed by atoms with Crippen molar-refractivity contribution in [3.8, 4) is 0 Å². The molecule has 132 valence electrons. The van der Waals surface area contributed by atoms with E-state index in [2.05, 4.69) is 92.5 Å². The van der Waals surface area contributed by atoms with Gasteiger partial charge in [0.2, 0.25) is 0 Å². The van der Waals surface area contributed by atoms with Crippen molar-refractivity contribution in [1.82, 2.24) is 9.39 Å². The number of hydrogen-bond acceptors (Lipinski definition) is 4. The van der Waals surface area contributed by atoms with Crippen LogP contribution in [0.5, 0.6) is 0 Å². The molecule has 0 bridgehead atoms. The summed E-state index contributed by atoms with van der Waals surface area (Å²) in [4.78, 5) is 0. The second-order valence-corrected chi connectivity index (χ2v) is 25.0. The summed E-state index contributed by atoms with van der Waals surface area (Å²) in [6, 6.07) is 0. The minimum atomic E-state index is -1.84. The van der Waals surface area contributed by atoms with Crippen LogP contribution in [-0.4, -0.2) is 66.7 Å². The third-order valence-corrected chi connectivity index (χ3v) is 31.7. The summed E-state index contributed by atoms with van der Waals surface area (Å²) >= 11 is -3.68. The number of nitrogens with zero attached hydrogens (tertiary/aromatic N) is 2. The Labute approximate surface area is 155 Å². The van der Waals surface area contributed by atoms with Crippen LogP contribution in [0, 0.1) is 0 Å². The minimum absolute atomic E-state index is 0.185. The van der Waals surface area contributed by atoms with Crippen molar-refractivity contribution < 1.29 is 0 Å². The molecule has 2 N–H and O–H groups in total. The zero-order chi connectivity index (χ0) is 17.7. The van der Waals surface area contributed by atoms with Gasteiger partial charge in [0.05, 0.1) is 0 Å². The van der Waals surface area contributed by atoms with Crippen LogP contribution >= 0.6 is 0 Å². The summed E-state index contributed by atoms with van der Waals surface area (Å²) in [5.41, 5.74) is 0.877. The topological polar surface area (TPSA) is 30.5 Å². The van der Waals surface area contributed by atoms with Gasteiger partial charge in [-0.15, -0.1) is 0 Å². The van der Waals surface area contributed by atoms with E-state index in [4.69, 9.17) is 0 Å². The van der Waals surface area contributed by atoms with E-state index in [0.717, 1.165) is 0 Å². The van der Waals surface area contributed by atoms with E-state index in [0.29, 0.717) is 0 Å². The summed E-state index contributed by atoms with van der Waals surface area (Å²) in [5, 5.41) is 0. The third kappa shape index (κ3) is 5.78. The Morgan fingerprint density at radius 2 is 0.727 bits per heavy atom. The Morgan fingerprint density at radius 1 is 0.500 bits per heavy atom. The van der Waals surface area contributed by atoms with Gasteiger partial charge < -0.3 is 0 Å². The van der Waals surface area contributed by atoms with Crippen molar-refractivity contribution in [3.05, 3.63) is 0 Å². The SMILES string of the molecule is CC(C)(C)[NH][Sb]1[N](C(C)(C)C)[Sb]([NH]C(C)(C)C)[N]1C(C)(C)C. The number of nitrogens with one attached hydrogen (secondary N) is 2. The van der Waals surface area contributed by atoms with Crippen molar-refractivity contribution in [2.75, 3.05) is 0 Å². The van der Waals surface area contributed by atoms with Gasteiger partial charge >= 0.3 is 157 Å². The van der Waals surface area contributed by atoms with Crippen LogP contribution in [0.4, 0.5) is 0 Å². The number of hydrogen-bond donors (Lipinski definition) is 2. The number of rotatable bonds is 2. The second-order valence-electron chi connectivity index (χ2n) is 10.2. The van der Waals surface area contributed by atoms with Crippen molar-refractivity contribution in [2.45, 2.75) is 105 Å². The molecule has 1 saturated heterocycles. The third-order valence-electron chi connectivity index (χ3n) is 2.79. The van der Waals surface area contributed by atoms with Crippen LogP contribution in [0.15, 0.2) is 0 Å². The molecule has 1 aliphatic heterocycles. The van der Waals surface area contributed by atoms with Gasteiger partial charge in [-0.2, -0.15) is 0 Å². The Kier molecular flexibility index (Phi) is 6.51. The molecule has 0 radical (unpaired) electrons. The van der Waals surface area contributed by atoms with Crippen LogP contribution in [0.25, 0.3) is 0 Å². The van der Waals surface area contributed by atoms with E-state index in [1.165, 1.54) is 0 Å². The van der Waals surface area contributed by atoms with E-state index < -0.39 is 42.1 Å².